The van der Waals surface area contributed by atoms with Crippen molar-refractivity contribution in [2.75, 3.05) is 7.11 Å². The number of benzene rings is 1. The molecule has 0 aromatic heterocycles. The second-order valence-electron chi connectivity index (χ2n) is 3.01. The van der Waals surface area contributed by atoms with Gasteiger partial charge >= 0.3 is 93.5 Å². The Balaban J connectivity index is 2.40. The second-order valence-corrected chi connectivity index (χ2v) is 4.17. The fourth-order valence-electron chi connectivity index (χ4n) is 1.22. The van der Waals surface area contributed by atoms with Crippen molar-refractivity contribution < 1.29 is 4.74 Å². The summed E-state index contributed by atoms with van der Waals surface area (Å²) in [4.78, 5) is 0. The molecule has 13 heavy (non-hydrogen) atoms. The van der Waals surface area contributed by atoms with Gasteiger partial charge in [-0.15, -0.1) is 0 Å². The van der Waals surface area contributed by atoms with Crippen LogP contribution in [0.3, 0.4) is 0 Å². The van der Waals surface area contributed by atoms with Crippen molar-refractivity contribution in [1.82, 2.24) is 0 Å². The summed E-state index contributed by atoms with van der Waals surface area (Å²) in [6, 6.07) is 8.36. The molecule has 0 saturated carbocycles. The van der Waals surface area contributed by atoms with Crippen molar-refractivity contribution in [3.63, 3.8) is 0 Å². The summed E-state index contributed by atoms with van der Waals surface area (Å²) >= 11 is 2.17. The van der Waals surface area contributed by atoms with Gasteiger partial charge < -0.3 is 0 Å². The van der Waals surface area contributed by atoms with Crippen LogP contribution in [0.15, 0.2) is 24.3 Å². The third-order valence-electron chi connectivity index (χ3n) is 2.02. The summed E-state index contributed by atoms with van der Waals surface area (Å²) in [5.41, 5.74) is 1.41. The number of hydrogen-bond acceptors (Lipinski definition) is 1. The van der Waals surface area contributed by atoms with Crippen LogP contribution >= 0.6 is 0 Å². The third kappa shape index (κ3) is 4.02. The molecule has 0 amide bonds. The molecule has 0 bridgehead atoms. The Bertz CT molecular complexity index is 230. The monoisotopic (exact) mass is 293 g/mol. The summed E-state index contributed by atoms with van der Waals surface area (Å²) in [6.07, 6.45) is 3.82. The SMILES string of the molecule is COc1ccc(CCCC[Te])cc1. The van der Waals surface area contributed by atoms with Gasteiger partial charge in [-0.25, -0.2) is 0 Å². The Hall–Kier alpha value is -0.190. The van der Waals surface area contributed by atoms with E-state index in [4.69, 9.17) is 4.74 Å². The van der Waals surface area contributed by atoms with E-state index in [1.54, 1.807) is 7.11 Å². The number of ether oxygens (including phenoxy) is 1. The number of aryl methyl sites for hydroxylation is 1. The predicted molar refractivity (Wildman–Crippen MR) is 56.5 cm³/mol. The molecule has 0 spiro atoms. The van der Waals surface area contributed by atoms with Gasteiger partial charge in [0.05, 0.1) is 0 Å². The van der Waals surface area contributed by atoms with Gasteiger partial charge in [0.15, 0.2) is 0 Å². The molecule has 71 valence electrons. The molecule has 0 N–H and O–H groups in total. The van der Waals surface area contributed by atoms with E-state index in [1.807, 2.05) is 12.1 Å². The van der Waals surface area contributed by atoms with E-state index < -0.39 is 0 Å². The molecule has 0 unspecified atom stereocenters. The minimum atomic E-state index is 0.944. The Morgan fingerprint density at radius 3 is 2.38 bits per heavy atom. The zero-order chi connectivity index (χ0) is 9.52. The second kappa shape index (κ2) is 6.29. The predicted octanol–water partition coefficient (Wildman–Crippen LogP) is 2.60. The van der Waals surface area contributed by atoms with Gasteiger partial charge in [0.1, 0.15) is 0 Å². The van der Waals surface area contributed by atoms with Crippen LogP contribution < -0.4 is 4.74 Å². The molecule has 1 rings (SSSR count). The molecule has 0 saturated heterocycles. The molecule has 0 aliphatic rings. The molecule has 0 heterocycles. The van der Waals surface area contributed by atoms with Gasteiger partial charge in [-0.05, 0) is 0 Å². The average molecular weight is 291 g/mol. The molecular formula is C11H15OTe. The van der Waals surface area contributed by atoms with Crippen molar-refractivity contribution >= 4 is 22.3 Å². The summed E-state index contributed by atoms with van der Waals surface area (Å²) in [6.45, 7) is 0. The molecule has 1 aromatic rings. The van der Waals surface area contributed by atoms with E-state index in [9.17, 15) is 0 Å². The summed E-state index contributed by atoms with van der Waals surface area (Å²) in [5, 5.41) is 0. The van der Waals surface area contributed by atoms with Gasteiger partial charge in [-0.1, -0.05) is 0 Å². The molecule has 1 radical (unpaired) electrons. The normalized spacial score (nSPS) is 10.0. The van der Waals surface area contributed by atoms with Crippen LogP contribution in [-0.4, -0.2) is 29.4 Å². The first kappa shape index (κ1) is 10.9. The van der Waals surface area contributed by atoms with Crippen LogP contribution in [0.4, 0.5) is 0 Å². The molecular weight excluding hydrogens is 276 g/mol. The average Bonchev–Trinajstić information content (AvgIpc) is 2.19. The van der Waals surface area contributed by atoms with Crippen LogP contribution in [0.5, 0.6) is 5.75 Å². The zero-order valence-electron chi connectivity index (χ0n) is 7.95. The van der Waals surface area contributed by atoms with Crippen LogP contribution in [0.1, 0.15) is 18.4 Å². The van der Waals surface area contributed by atoms with Crippen molar-refractivity contribution in [1.29, 1.82) is 0 Å². The quantitative estimate of drug-likeness (QED) is 0.598. The molecule has 1 aromatic carbocycles. The van der Waals surface area contributed by atoms with Crippen LogP contribution in [0.25, 0.3) is 0 Å². The fraction of sp³-hybridized carbons (Fsp3) is 0.455. The Morgan fingerprint density at radius 1 is 1.15 bits per heavy atom. The number of methoxy groups -OCH3 is 1. The molecule has 1 nitrogen and oxygen atoms in total. The molecule has 0 atom stereocenters. The maximum atomic E-state index is 5.10. The fourth-order valence-corrected chi connectivity index (χ4v) is 1.81. The number of hydrogen-bond donors (Lipinski definition) is 0. The third-order valence-corrected chi connectivity index (χ3v) is 2.84. The van der Waals surface area contributed by atoms with E-state index >= 15 is 0 Å². The van der Waals surface area contributed by atoms with Gasteiger partial charge in [0.25, 0.3) is 0 Å². The van der Waals surface area contributed by atoms with Crippen molar-refractivity contribution in [3.05, 3.63) is 29.8 Å². The standard InChI is InChI=1S/C11H15OTe/c1-12-11-7-5-10(6-8-11)4-2-3-9-13/h5-8H,2-4,9H2,1H3. The van der Waals surface area contributed by atoms with E-state index in [2.05, 4.69) is 34.4 Å². The Kier molecular flexibility index (Phi) is 5.27. The topological polar surface area (TPSA) is 9.23 Å². The molecule has 0 fully saturated rings. The Morgan fingerprint density at radius 2 is 1.85 bits per heavy atom. The first-order valence-corrected chi connectivity index (χ1v) is 6.22. The van der Waals surface area contributed by atoms with Gasteiger partial charge in [-0.3, -0.25) is 0 Å². The van der Waals surface area contributed by atoms with Crippen LogP contribution in [0.2, 0.25) is 4.47 Å². The van der Waals surface area contributed by atoms with E-state index in [0.29, 0.717) is 0 Å². The zero-order valence-corrected chi connectivity index (χ0v) is 10.3. The molecule has 0 aliphatic heterocycles. The first-order chi connectivity index (χ1) is 6.36. The van der Waals surface area contributed by atoms with Gasteiger partial charge in [0, 0.05) is 0 Å². The van der Waals surface area contributed by atoms with E-state index in [1.165, 1.54) is 29.3 Å². The van der Waals surface area contributed by atoms with E-state index in [0.717, 1.165) is 5.75 Å². The van der Waals surface area contributed by atoms with Crippen molar-refractivity contribution in [2.45, 2.75) is 23.7 Å². The maximum absolute atomic E-state index is 5.10. The number of rotatable bonds is 5. The van der Waals surface area contributed by atoms with Gasteiger partial charge in [0.2, 0.25) is 0 Å². The van der Waals surface area contributed by atoms with Crippen LogP contribution in [-0.2, 0) is 6.42 Å². The van der Waals surface area contributed by atoms with Crippen molar-refractivity contribution in [3.8, 4) is 5.75 Å². The van der Waals surface area contributed by atoms with E-state index in [-0.39, 0.29) is 0 Å². The Labute approximate surface area is 93.4 Å². The summed E-state index contributed by atoms with van der Waals surface area (Å²) in [7, 11) is 1.70. The first-order valence-electron chi connectivity index (χ1n) is 4.58. The van der Waals surface area contributed by atoms with Crippen LogP contribution in [0, 0.1) is 0 Å². The summed E-state index contributed by atoms with van der Waals surface area (Å²) in [5.74, 6) is 0.944. The minimum absolute atomic E-state index is 0.944. The number of unbranched alkanes of at least 4 members (excludes halogenated alkanes) is 1. The summed E-state index contributed by atoms with van der Waals surface area (Å²) < 4.78 is 6.39. The van der Waals surface area contributed by atoms with Crippen molar-refractivity contribution in [2.24, 2.45) is 0 Å². The molecule has 0 aliphatic carbocycles. The van der Waals surface area contributed by atoms with Gasteiger partial charge in [-0.2, -0.15) is 0 Å². The molecule has 2 heteroatoms.